The van der Waals surface area contributed by atoms with Crippen LogP contribution in [0.2, 0.25) is 5.02 Å². The van der Waals surface area contributed by atoms with E-state index in [0.29, 0.717) is 29.0 Å². The number of carbonyl (C=O) groups excluding carboxylic acids is 1. The molecule has 1 aromatic carbocycles. The van der Waals surface area contributed by atoms with E-state index in [-0.39, 0.29) is 11.4 Å². The molecule has 2 aliphatic rings. The minimum atomic E-state index is -0.0936. The minimum absolute atomic E-state index is 0.0251. The first kappa shape index (κ1) is 22.3. The molecule has 3 aromatic rings. The third-order valence-electron chi connectivity index (χ3n) is 7.22. The maximum absolute atomic E-state index is 13.5. The van der Waals surface area contributed by atoms with Crippen molar-refractivity contribution in [3.05, 3.63) is 53.6 Å². The number of aromatic nitrogens is 3. The number of amides is 1. The Kier molecular flexibility index (Phi) is 6.36. The predicted molar refractivity (Wildman–Crippen MR) is 131 cm³/mol. The lowest BCUT2D eigenvalue weighted by atomic mass is 9.79. The van der Waals surface area contributed by atoms with Crippen molar-refractivity contribution < 1.29 is 4.79 Å². The summed E-state index contributed by atoms with van der Waals surface area (Å²) in [6.45, 7) is 5.94. The molecular formula is C25H31ClN6O. The van der Waals surface area contributed by atoms with Gasteiger partial charge in [-0.05, 0) is 31.9 Å². The Bertz CT molecular complexity index is 1120. The summed E-state index contributed by atoms with van der Waals surface area (Å²) in [6, 6.07) is 6.14. The molecule has 2 fully saturated rings. The van der Waals surface area contributed by atoms with Crippen LogP contribution in [0, 0.1) is 0 Å². The van der Waals surface area contributed by atoms with Crippen molar-refractivity contribution in [3.63, 3.8) is 0 Å². The van der Waals surface area contributed by atoms with E-state index >= 15 is 0 Å². The molecule has 3 heterocycles. The Hall–Kier alpha value is -2.48. The largest absolute Gasteiger partial charge is 0.350 e. The lowest BCUT2D eigenvalue weighted by Gasteiger charge is -2.49. The van der Waals surface area contributed by atoms with Crippen LogP contribution in [0.5, 0.6) is 0 Å². The molecule has 0 unspecified atom stereocenters. The molecule has 5 rings (SSSR count). The van der Waals surface area contributed by atoms with E-state index in [1.807, 2.05) is 29.0 Å². The number of hydrogen-bond acceptors (Lipinski definition) is 5. The van der Waals surface area contributed by atoms with Gasteiger partial charge in [0.15, 0.2) is 5.82 Å². The molecule has 1 aliphatic carbocycles. The quantitative estimate of drug-likeness (QED) is 0.598. The van der Waals surface area contributed by atoms with Gasteiger partial charge >= 0.3 is 0 Å². The smallest absolute Gasteiger partial charge is 0.253 e. The average Bonchev–Trinajstić information content (AvgIpc) is 3.25. The van der Waals surface area contributed by atoms with Gasteiger partial charge in [-0.25, -0.2) is 4.98 Å². The van der Waals surface area contributed by atoms with E-state index < -0.39 is 0 Å². The second kappa shape index (κ2) is 9.41. The molecule has 2 aromatic heterocycles. The van der Waals surface area contributed by atoms with Gasteiger partial charge in [-0.15, -0.1) is 0 Å². The molecule has 0 radical (unpaired) electrons. The summed E-state index contributed by atoms with van der Waals surface area (Å²) in [5.41, 5.74) is 1.44. The van der Waals surface area contributed by atoms with Crippen molar-refractivity contribution >= 4 is 28.4 Å². The third-order valence-corrected chi connectivity index (χ3v) is 7.54. The summed E-state index contributed by atoms with van der Waals surface area (Å²) < 4.78 is 1.89. The molecule has 33 heavy (non-hydrogen) atoms. The second-order valence-corrected chi connectivity index (χ2v) is 9.79. The van der Waals surface area contributed by atoms with E-state index in [1.54, 1.807) is 18.6 Å². The summed E-state index contributed by atoms with van der Waals surface area (Å²) >= 11 is 6.58. The van der Waals surface area contributed by atoms with E-state index in [4.69, 9.17) is 11.6 Å². The maximum atomic E-state index is 13.5. The molecule has 2 N–H and O–H groups in total. The average molecular weight is 467 g/mol. The van der Waals surface area contributed by atoms with Gasteiger partial charge in [0.25, 0.3) is 5.91 Å². The standard InChI is InChI=1S/C25H31ClN6O/c1-18-15-31(13-12-28-18)25(8-3-2-4-9-25)17-30-24(33)19-16-32(22-14-27-10-11-29-22)21-7-5-6-20(26)23(19)21/h5-7,10-11,14,16,18,28H,2-4,8-9,12-13,15,17H2,1H3,(H,30,33)/t18-/m1/s1. The normalized spacial score (nSPS) is 21.2. The number of hydrogen-bond donors (Lipinski definition) is 2. The van der Waals surface area contributed by atoms with Crippen molar-refractivity contribution in [2.75, 3.05) is 26.2 Å². The van der Waals surface area contributed by atoms with E-state index in [1.165, 1.54) is 19.3 Å². The molecule has 0 bridgehead atoms. The van der Waals surface area contributed by atoms with E-state index in [0.717, 1.165) is 43.4 Å². The first-order valence-electron chi connectivity index (χ1n) is 11.9. The monoisotopic (exact) mass is 466 g/mol. The van der Waals surface area contributed by atoms with E-state index in [9.17, 15) is 4.79 Å². The lowest BCUT2D eigenvalue weighted by molar-refractivity contribution is 0.0273. The molecular weight excluding hydrogens is 436 g/mol. The first-order valence-corrected chi connectivity index (χ1v) is 12.3. The van der Waals surface area contributed by atoms with Gasteiger partial charge in [-0.2, -0.15) is 0 Å². The Morgan fingerprint density at radius 1 is 1.27 bits per heavy atom. The number of carbonyl (C=O) groups is 1. The number of halogens is 1. The molecule has 7 nitrogen and oxygen atoms in total. The Balaban J connectivity index is 1.44. The van der Waals surface area contributed by atoms with Gasteiger partial charge in [0.2, 0.25) is 0 Å². The van der Waals surface area contributed by atoms with Crippen LogP contribution in [0.3, 0.4) is 0 Å². The second-order valence-electron chi connectivity index (χ2n) is 9.38. The fourth-order valence-corrected chi connectivity index (χ4v) is 5.81. The molecule has 8 heteroatoms. The molecule has 0 spiro atoms. The van der Waals surface area contributed by atoms with Crippen LogP contribution in [-0.4, -0.2) is 63.1 Å². The number of fused-ring (bicyclic) bond motifs is 1. The minimum Gasteiger partial charge on any atom is -0.350 e. The van der Waals surface area contributed by atoms with Crippen LogP contribution in [-0.2, 0) is 0 Å². The summed E-state index contributed by atoms with van der Waals surface area (Å²) in [6.07, 6.45) is 12.8. The molecule has 1 atom stereocenters. The van der Waals surface area contributed by atoms with Crippen molar-refractivity contribution in [2.24, 2.45) is 0 Å². The van der Waals surface area contributed by atoms with Gasteiger partial charge in [0.1, 0.15) is 0 Å². The van der Waals surface area contributed by atoms with Crippen molar-refractivity contribution in [3.8, 4) is 5.82 Å². The van der Waals surface area contributed by atoms with Crippen LogP contribution in [0.15, 0.2) is 43.0 Å². The van der Waals surface area contributed by atoms with Gasteiger partial charge in [-0.1, -0.05) is 36.9 Å². The fraction of sp³-hybridized carbons (Fsp3) is 0.480. The van der Waals surface area contributed by atoms with Crippen molar-refractivity contribution in [1.82, 2.24) is 30.1 Å². The summed E-state index contributed by atoms with van der Waals surface area (Å²) in [7, 11) is 0. The van der Waals surface area contributed by atoms with Crippen molar-refractivity contribution in [2.45, 2.75) is 50.6 Å². The topological polar surface area (TPSA) is 75.1 Å². The molecule has 174 valence electrons. The number of benzene rings is 1. The highest BCUT2D eigenvalue weighted by Gasteiger charge is 2.39. The molecule has 1 aliphatic heterocycles. The Morgan fingerprint density at radius 3 is 2.88 bits per heavy atom. The first-order chi connectivity index (χ1) is 16.1. The third kappa shape index (κ3) is 4.37. The van der Waals surface area contributed by atoms with Crippen LogP contribution >= 0.6 is 11.6 Å². The van der Waals surface area contributed by atoms with Gasteiger partial charge in [0.05, 0.1) is 22.3 Å². The molecule has 1 saturated heterocycles. The maximum Gasteiger partial charge on any atom is 0.253 e. The highest BCUT2D eigenvalue weighted by Crippen LogP contribution is 2.35. The highest BCUT2D eigenvalue weighted by atomic mass is 35.5. The number of nitrogens with one attached hydrogen (secondary N) is 2. The zero-order valence-corrected chi connectivity index (χ0v) is 19.8. The summed E-state index contributed by atoms with van der Waals surface area (Å²) in [5.74, 6) is 0.561. The Labute approximate surface area is 199 Å². The van der Waals surface area contributed by atoms with Gasteiger partial charge in [-0.3, -0.25) is 19.2 Å². The molecule has 1 amide bonds. The number of nitrogens with zero attached hydrogens (tertiary/aromatic N) is 4. The van der Waals surface area contributed by atoms with Gasteiger partial charge in [0, 0.05) is 61.7 Å². The zero-order chi connectivity index (χ0) is 22.8. The Morgan fingerprint density at radius 2 is 2.12 bits per heavy atom. The van der Waals surface area contributed by atoms with Crippen LogP contribution in [0.4, 0.5) is 0 Å². The lowest BCUT2D eigenvalue weighted by Crippen LogP contribution is -2.63. The van der Waals surface area contributed by atoms with Crippen LogP contribution < -0.4 is 10.6 Å². The highest BCUT2D eigenvalue weighted by molar-refractivity contribution is 6.37. The molecule has 1 saturated carbocycles. The van der Waals surface area contributed by atoms with Gasteiger partial charge < -0.3 is 10.6 Å². The summed E-state index contributed by atoms with van der Waals surface area (Å²) in [4.78, 5) is 24.7. The SMILES string of the molecule is C[C@@H]1CN(C2(CNC(=O)c3cn(-c4cnccn4)c4cccc(Cl)c34)CCCCC2)CCN1. The zero-order valence-electron chi connectivity index (χ0n) is 19.1. The van der Waals surface area contributed by atoms with Crippen LogP contribution in [0.1, 0.15) is 49.4 Å². The fourth-order valence-electron chi connectivity index (χ4n) is 5.54. The van der Waals surface area contributed by atoms with E-state index in [2.05, 4.69) is 32.4 Å². The number of piperazine rings is 1. The van der Waals surface area contributed by atoms with Crippen molar-refractivity contribution in [1.29, 1.82) is 0 Å². The van der Waals surface area contributed by atoms with Crippen LogP contribution in [0.25, 0.3) is 16.7 Å². The number of rotatable bonds is 5. The predicted octanol–water partition coefficient (Wildman–Crippen LogP) is 3.80. The summed E-state index contributed by atoms with van der Waals surface area (Å²) in [5, 5.41) is 8.15.